The Balaban J connectivity index is 0.000000810. The van der Waals surface area contributed by atoms with Crippen LogP contribution >= 0.6 is 12.4 Å². The normalized spacial score (nSPS) is 18.0. The fourth-order valence-electron chi connectivity index (χ4n) is 0.812. The van der Waals surface area contributed by atoms with Crippen LogP contribution in [0.5, 0.6) is 0 Å². The maximum absolute atomic E-state index is 5.39. The van der Waals surface area contributed by atoms with Crippen molar-refractivity contribution in [3.63, 3.8) is 0 Å². The largest absolute Gasteiger partial charge is 0.399 e. The second-order valence-corrected chi connectivity index (χ2v) is 2.24. The van der Waals surface area contributed by atoms with Gasteiger partial charge in [-0.25, -0.2) is 0 Å². The number of nitrogens with two attached hydrogens (primary N) is 1. The summed E-state index contributed by atoms with van der Waals surface area (Å²) in [5.74, 6) is 0.634. The fraction of sp³-hybridized carbons (Fsp3) is 0.833. The zero-order valence-corrected chi connectivity index (χ0v) is 6.86. The number of rotatable bonds is 3. The van der Waals surface area contributed by atoms with Crippen LogP contribution < -0.4 is 5.73 Å². The molecule has 0 unspecified atom stereocenters. The van der Waals surface area contributed by atoms with Crippen molar-refractivity contribution in [3.05, 3.63) is 0 Å². The van der Waals surface area contributed by atoms with Crippen LogP contribution in [0.2, 0.25) is 0 Å². The highest BCUT2D eigenvalue weighted by Gasteiger charge is 2.26. The first-order valence-corrected chi connectivity index (χ1v) is 3.18. The lowest BCUT2D eigenvalue weighted by molar-refractivity contribution is 0.211. The van der Waals surface area contributed by atoms with Crippen LogP contribution in [0, 0.1) is 5.92 Å². The van der Waals surface area contributed by atoms with Crippen molar-refractivity contribution in [1.82, 2.24) is 0 Å². The number of hydrogen-bond donors (Lipinski definition) is 1. The van der Waals surface area contributed by atoms with Crippen molar-refractivity contribution in [3.8, 4) is 0 Å². The summed E-state index contributed by atoms with van der Waals surface area (Å²) in [6.07, 6.45) is 2.47. The summed E-state index contributed by atoms with van der Waals surface area (Å²) in [6.45, 7) is 0.540. The Hall–Kier alpha value is -0.280. The molecule has 0 aliphatic heterocycles. The molecule has 0 aromatic heterocycles. The van der Waals surface area contributed by atoms with E-state index < -0.39 is 0 Å². The summed E-state index contributed by atoms with van der Waals surface area (Å²) < 4.78 is 0. The van der Waals surface area contributed by atoms with Gasteiger partial charge in [0.05, 0.1) is 5.71 Å². The Kier molecular flexibility index (Phi) is 4.40. The van der Waals surface area contributed by atoms with Crippen LogP contribution in [0.15, 0.2) is 5.16 Å². The first-order valence-electron chi connectivity index (χ1n) is 3.18. The Labute approximate surface area is 67.0 Å². The number of hydrogen-bond acceptors (Lipinski definition) is 3. The molecule has 1 rings (SSSR count). The molecule has 10 heavy (non-hydrogen) atoms. The van der Waals surface area contributed by atoms with Gasteiger partial charge in [0, 0.05) is 12.5 Å². The summed E-state index contributed by atoms with van der Waals surface area (Å²) in [6, 6.07) is 0. The van der Waals surface area contributed by atoms with E-state index in [4.69, 9.17) is 5.73 Å². The van der Waals surface area contributed by atoms with Crippen LogP contribution in [-0.2, 0) is 4.84 Å². The molecule has 0 aromatic rings. The minimum absolute atomic E-state index is 0. The van der Waals surface area contributed by atoms with Gasteiger partial charge >= 0.3 is 0 Å². The standard InChI is InChI=1S/C6H12N2O.ClH/c1-9-8-6(4-7)5-2-3-5;/h5H,2-4,7H2,1H3;1H/b8-6+;. The van der Waals surface area contributed by atoms with Crippen molar-refractivity contribution in [2.75, 3.05) is 13.7 Å². The second kappa shape index (κ2) is 4.52. The highest BCUT2D eigenvalue weighted by molar-refractivity contribution is 5.89. The monoisotopic (exact) mass is 164 g/mol. The van der Waals surface area contributed by atoms with E-state index in [0.29, 0.717) is 12.5 Å². The zero-order valence-electron chi connectivity index (χ0n) is 6.04. The number of oxime groups is 1. The zero-order chi connectivity index (χ0) is 6.69. The minimum Gasteiger partial charge on any atom is -0.399 e. The Morgan fingerprint density at radius 2 is 2.30 bits per heavy atom. The second-order valence-electron chi connectivity index (χ2n) is 2.24. The molecule has 1 fully saturated rings. The average Bonchev–Trinajstić information content (AvgIpc) is 2.64. The molecular formula is C6H13ClN2O. The van der Waals surface area contributed by atoms with Crippen molar-refractivity contribution < 1.29 is 4.84 Å². The first kappa shape index (κ1) is 9.72. The van der Waals surface area contributed by atoms with E-state index in [2.05, 4.69) is 9.99 Å². The van der Waals surface area contributed by atoms with Crippen molar-refractivity contribution in [1.29, 1.82) is 0 Å². The average molecular weight is 165 g/mol. The summed E-state index contributed by atoms with van der Waals surface area (Å²) in [5, 5.41) is 3.80. The molecule has 3 nitrogen and oxygen atoms in total. The maximum atomic E-state index is 5.39. The van der Waals surface area contributed by atoms with Crippen LogP contribution in [0.3, 0.4) is 0 Å². The van der Waals surface area contributed by atoms with Gasteiger partial charge in [0.15, 0.2) is 0 Å². The van der Waals surface area contributed by atoms with Gasteiger partial charge in [-0.05, 0) is 12.8 Å². The van der Waals surface area contributed by atoms with Gasteiger partial charge in [0.25, 0.3) is 0 Å². The number of halogens is 1. The third kappa shape index (κ3) is 2.54. The lowest BCUT2D eigenvalue weighted by Gasteiger charge is -1.96. The Morgan fingerprint density at radius 3 is 2.60 bits per heavy atom. The van der Waals surface area contributed by atoms with Gasteiger partial charge < -0.3 is 10.6 Å². The van der Waals surface area contributed by atoms with Crippen molar-refractivity contribution in [2.45, 2.75) is 12.8 Å². The molecule has 4 heteroatoms. The SMILES string of the molecule is CO/N=C(\CN)C1CC1.Cl. The molecule has 1 aliphatic rings. The molecule has 0 amide bonds. The molecule has 0 atom stereocenters. The predicted molar refractivity (Wildman–Crippen MR) is 43.5 cm³/mol. The lowest BCUT2D eigenvalue weighted by Crippen LogP contribution is -2.15. The molecule has 1 saturated carbocycles. The highest BCUT2D eigenvalue weighted by Crippen LogP contribution is 2.30. The molecule has 0 heterocycles. The van der Waals surface area contributed by atoms with E-state index in [0.717, 1.165) is 5.71 Å². The molecule has 0 saturated heterocycles. The third-order valence-corrected chi connectivity index (χ3v) is 1.47. The summed E-state index contributed by atoms with van der Waals surface area (Å²) >= 11 is 0. The maximum Gasteiger partial charge on any atom is 0.106 e. The van der Waals surface area contributed by atoms with Gasteiger partial charge in [-0.3, -0.25) is 0 Å². The van der Waals surface area contributed by atoms with Crippen LogP contribution in [0.25, 0.3) is 0 Å². The van der Waals surface area contributed by atoms with E-state index in [1.165, 1.54) is 12.8 Å². The predicted octanol–water partition coefficient (Wildman–Crippen LogP) is 0.779. The summed E-state index contributed by atoms with van der Waals surface area (Å²) in [5.41, 5.74) is 6.40. The minimum atomic E-state index is 0. The molecule has 0 bridgehead atoms. The first-order chi connectivity index (χ1) is 4.38. The molecule has 0 spiro atoms. The van der Waals surface area contributed by atoms with E-state index >= 15 is 0 Å². The van der Waals surface area contributed by atoms with Crippen molar-refractivity contribution in [2.24, 2.45) is 16.8 Å². The van der Waals surface area contributed by atoms with Gasteiger partial charge in [-0.15, -0.1) is 12.4 Å². The van der Waals surface area contributed by atoms with Gasteiger partial charge in [-0.1, -0.05) is 5.16 Å². The Bertz CT molecular complexity index is 123. The van der Waals surface area contributed by atoms with Crippen LogP contribution in [0.4, 0.5) is 0 Å². The molecular weight excluding hydrogens is 152 g/mol. The fourth-order valence-corrected chi connectivity index (χ4v) is 0.812. The summed E-state index contributed by atoms with van der Waals surface area (Å²) in [4.78, 5) is 4.60. The molecule has 0 radical (unpaired) electrons. The highest BCUT2D eigenvalue weighted by atomic mass is 35.5. The van der Waals surface area contributed by atoms with E-state index in [9.17, 15) is 0 Å². The molecule has 60 valence electrons. The quantitative estimate of drug-likeness (QED) is 0.495. The molecule has 0 aromatic carbocycles. The molecule has 2 N–H and O–H groups in total. The lowest BCUT2D eigenvalue weighted by atomic mass is 10.2. The smallest absolute Gasteiger partial charge is 0.106 e. The van der Waals surface area contributed by atoms with Gasteiger partial charge in [0.2, 0.25) is 0 Å². The number of nitrogens with zero attached hydrogens (tertiary/aromatic N) is 1. The summed E-state index contributed by atoms with van der Waals surface area (Å²) in [7, 11) is 1.55. The van der Waals surface area contributed by atoms with Gasteiger partial charge in [0.1, 0.15) is 7.11 Å². The van der Waals surface area contributed by atoms with E-state index in [1.807, 2.05) is 0 Å². The Morgan fingerprint density at radius 1 is 1.70 bits per heavy atom. The van der Waals surface area contributed by atoms with E-state index in [-0.39, 0.29) is 12.4 Å². The van der Waals surface area contributed by atoms with Gasteiger partial charge in [-0.2, -0.15) is 0 Å². The third-order valence-electron chi connectivity index (χ3n) is 1.47. The van der Waals surface area contributed by atoms with Crippen LogP contribution in [-0.4, -0.2) is 19.4 Å². The van der Waals surface area contributed by atoms with E-state index in [1.54, 1.807) is 7.11 Å². The van der Waals surface area contributed by atoms with Crippen LogP contribution in [0.1, 0.15) is 12.8 Å². The molecule has 1 aliphatic carbocycles. The topological polar surface area (TPSA) is 47.6 Å². The van der Waals surface area contributed by atoms with Crippen molar-refractivity contribution >= 4 is 18.1 Å².